The van der Waals surface area contributed by atoms with E-state index in [9.17, 15) is 0 Å². The fraction of sp³-hybridized carbons (Fsp3) is 0.350. The molecule has 0 unspecified atom stereocenters. The van der Waals surface area contributed by atoms with Crippen molar-refractivity contribution >= 4 is 29.9 Å². The molecule has 0 aliphatic heterocycles. The summed E-state index contributed by atoms with van der Waals surface area (Å²) in [6, 6.07) is 18.5. The number of aliphatic imine (C=N–C) groups is 1. The first-order valence-electron chi connectivity index (χ1n) is 8.58. The third kappa shape index (κ3) is 6.23. The fourth-order valence-electron chi connectivity index (χ4n) is 2.56. The summed E-state index contributed by atoms with van der Waals surface area (Å²) in [5.74, 6) is 2.59. The Bertz CT molecular complexity index is 672. The van der Waals surface area contributed by atoms with E-state index in [1.54, 1.807) is 7.05 Å². The number of nitrogens with one attached hydrogen (secondary N) is 2. The molecule has 1 aliphatic carbocycles. The molecule has 2 aromatic carbocycles. The second-order valence-corrected chi connectivity index (χ2v) is 6.03. The standard InChI is InChI=1S/C20H25N3O.HI/c1-21-20(23-15-16-11-12-16)22-13-14-24-19-10-6-5-9-18(19)17-7-3-2-4-8-17;/h2-10,16H,11-15H2,1H3,(H2,21,22,23);1H. The van der Waals surface area contributed by atoms with Crippen LogP contribution in [-0.4, -0.2) is 32.7 Å². The molecule has 3 rings (SSSR count). The van der Waals surface area contributed by atoms with Crippen LogP contribution < -0.4 is 15.4 Å². The topological polar surface area (TPSA) is 45.7 Å². The number of benzene rings is 2. The number of rotatable bonds is 7. The predicted octanol–water partition coefficient (Wildman–Crippen LogP) is 3.93. The fourth-order valence-corrected chi connectivity index (χ4v) is 2.56. The monoisotopic (exact) mass is 451 g/mol. The first-order valence-corrected chi connectivity index (χ1v) is 8.58. The first-order chi connectivity index (χ1) is 11.9. The third-order valence-corrected chi connectivity index (χ3v) is 4.10. The van der Waals surface area contributed by atoms with E-state index >= 15 is 0 Å². The summed E-state index contributed by atoms with van der Waals surface area (Å²) in [5.41, 5.74) is 2.29. The molecule has 0 atom stereocenters. The average Bonchev–Trinajstić information content (AvgIpc) is 3.46. The van der Waals surface area contributed by atoms with Crippen molar-refractivity contribution in [3.63, 3.8) is 0 Å². The molecule has 25 heavy (non-hydrogen) atoms. The maximum Gasteiger partial charge on any atom is 0.191 e. The molecule has 0 bridgehead atoms. The van der Waals surface area contributed by atoms with Crippen molar-refractivity contribution < 1.29 is 4.74 Å². The van der Waals surface area contributed by atoms with Gasteiger partial charge < -0.3 is 15.4 Å². The highest BCUT2D eigenvalue weighted by molar-refractivity contribution is 14.0. The smallest absolute Gasteiger partial charge is 0.191 e. The summed E-state index contributed by atoms with van der Waals surface area (Å²) >= 11 is 0. The van der Waals surface area contributed by atoms with Crippen LogP contribution in [0.25, 0.3) is 11.1 Å². The lowest BCUT2D eigenvalue weighted by atomic mass is 10.1. The van der Waals surface area contributed by atoms with E-state index in [0.717, 1.165) is 29.7 Å². The molecular weight excluding hydrogens is 425 g/mol. The number of para-hydroxylation sites is 1. The minimum atomic E-state index is 0. The van der Waals surface area contributed by atoms with Crippen LogP contribution in [0, 0.1) is 5.92 Å². The van der Waals surface area contributed by atoms with Crippen molar-refractivity contribution in [3.8, 4) is 16.9 Å². The number of hydrogen-bond donors (Lipinski definition) is 2. The first kappa shape index (κ1) is 19.6. The van der Waals surface area contributed by atoms with Crippen LogP contribution in [0.5, 0.6) is 5.75 Å². The average molecular weight is 451 g/mol. The quantitative estimate of drug-likeness (QED) is 0.290. The lowest BCUT2D eigenvalue weighted by Crippen LogP contribution is -2.40. The molecule has 0 spiro atoms. The number of guanidine groups is 1. The lowest BCUT2D eigenvalue weighted by molar-refractivity contribution is 0.323. The zero-order chi connectivity index (χ0) is 16.6. The number of nitrogens with zero attached hydrogens (tertiary/aromatic N) is 1. The Balaban J connectivity index is 0.00000225. The molecule has 1 aliphatic rings. The molecule has 5 heteroatoms. The highest BCUT2D eigenvalue weighted by atomic mass is 127. The van der Waals surface area contributed by atoms with Crippen molar-refractivity contribution in [1.29, 1.82) is 0 Å². The summed E-state index contributed by atoms with van der Waals surface area (Å²) in [7, 11) is 1.80. The van der Waals surface area contributed by atoms with Gasteiger partial charge in [-0.2, -0.15) is 0 Å². The van der Waals surface area contributed by atoms with E-state index in [0.29, 0.717) is 13.2 Å². The van der Waals surface area contributed by atoms with Gasteiger partial charge in [0.1, 0.15) is 12.4 Å². The van der Waals surface area contributed by atoms with Crippen LogP contribution in [0.1, 0.15) is 12.8 Å². The minimum absolute atomic E-state index is 0. The van der Waals surface area contributed by atoms with Crippen LogP contribution in [0.3, 0.4) is 0 Å². The van der Waals surface area contributed by atoms with E-state index < -0.39 is 0 Å². The number of hydrogen-bond acceptors (Lipinski definition) is 2. The largest absolute Gasteiger partial charge is 0.491 e. The molecule has 0 heterocycles. The Morgan fingerprint density at radius 1 is 1.04 bits per heavy atom. The molecule has 1 fully saturated rings. The summed E-state index contributed by atoms with van der Waals surface area (Å²) in [6.07, 6.45) is 2.67. The molecule has 0 amide bonds. The zero-order valence-corrected chi connectivity index (χ0v) is 16.9. The molecule has 0 radical (unpaired) electrons. The summed E-state index contributed by atoms with van der Waals surface area (Å²) in [4.78, 5) is 4.24. The lowest BCUT2D eigenvalue weighted by Gasteiger charge is -2.14. The Labute approximate surface area is 167 Å². The Kier molecular flexibility index (Phi) is 8.04. The van der Waals surface area contributed by atoms with Crippen LogP contribution in [-0.2, 0) is 0 Å². The van der Waals surface area contributed by atoms with Crippen LogP contribution in [0.15, 0.2) is 59.6 Å². The van der Waals surface area contributed by atoms with Gasteiger partial charge in [-0.3, -0.25) is 4.99 Å². The SMILES string of the molecule is CN=C(NCCOc1ccccc1-c1ccccc1)NCC1CC1.I. The van der Waals surface area contributed by atoms with Gasteiger partial charge in [0.15, 0.2) is 5.96 Å². The minimum Gasteiger partial charge on any atom is -0.491 e. The summed E-state index contributed by atoms with van der Waals surface area (Å²) in [6.45, 7) is 2.32. The molecule has 2 aromatic rings. The van der Waals surface area contributed by atoms with Crippen molar-refractivity contribution in [2.45, 2.75) is 12.8 Å². The van der Waals surface area contributed by atoms with Gasteiger partial charge in [0.05, 0.1) is 6.54 Å². The molecule has 134 valence electrons. The maximum atomic E-state index is 5.98. The van der Waals surface area contributed by atoms with Gasteiger partial charge in [0.25, 0.3) is 0 Å². The molecular formula is C20H26IN3O. The Morgan fingerprint density at radius 3 is 2.48 bits per heavy atom. The van der Waals surface area contributed by atoms with E-state index in [4.69, 9.17) is 4.74 Å². The van der Waals surface area contributed by atoms with E-state index in [-0.39, 0.29) is 24.0 Å². The Hall–Kier alpha value is -1.76. The predicted molar refractivity (Wildman–Crippen MR) is 115 cm³/mol. The van der Waals surface area contributed by atoms with Gasteiger partial charge in [-0.1, -0.05) is 48.5 Å². The molecule has 1 saturated carbocycles. The van der Waals surface area contributed by atoms with Crippen LogP contribution >= 0.6 is 24.0 Å². The van der Waals surface area contributed by atoms with Crippen molar-refractivity contribution in [3.05, 3.63) is 54.6 Å². The van der Waals surface area contributed by atoms with E-state index in [1.165, 1.54) is 18.4 Å². The van der Waals surface area contributed by atoms with E-state index in [2.05, 4.69) is 33.8 Å². The Morgan fingerprint density at radius 2 is 1.76 bits per heavy atom. The van der Waals surface area contributed by atoms with Gasteiger partial charge in [0.2, 0.25) is 0 Å². The van der Waals surface area contributed by atoms with Gasteiger partial charge in [-0.25, -0.2) is 0 Å². The van der Waals surface area contributed by atoms with Gasteiger partial charge in [-0.05, 0) is 30.4 Å². The molecule has 2 N–H and O–H groups in total. The third-order valence-electron chi connectivity index (χ3n) is 4.10. The second-order valence-electron chi connectivity index (χ2n) is 6.03. The molecule has 4 nitrogen and oxygen atoms in total. The summed E-state index contributed by atoms with van der Waals surface area (Å²) in [5, 5.41) is 6.65. The molecule has 0 saturated heterocycles. The number of halogens is 1. The van der Waals surface area contributed by atoms with Gasteiger partial charge in [-0.15, -0.1) is 24.0 Å². The van der Waals surface area contributed by atoms with Crippen molar-refractivity contribution in [2.75, 3.05) is 26.7 Å². The normalized spacial score (nSPS) is 13.7. The van der Waals surface area contributed by atoms with Gasteiger partial charge >= 0.3 is 0 Å². The molecule has 0 aromatic heterocycles. The summed E-state index contributed by atoms with van der Waals surface area (Å²) < 4.78 is 5.98. The number of ether oxygens (including phenoxy) is 1. The zero-order valence-electron chi connectivity index (χ0n) is 14.6. The van der Waals surface area contributed by atoms with Crippen molar-refractivity contribution in [2.24, 2.45) is 10.9 Å². The highest BCUT2D eigenvalue weighted by Crippen LogP contribution is 2.29. The van der Waals surface area contributed by atoms with Crippen molar-refractivity contribution in [1.82, 2.24) is 10.6 Å². The second kappa shape index (κ2) is 10.3. The van der Waals surface area contributed by atoms with Crippen LogP contribution in [0.4, 0.5) is 0 Å². The van der Waals surface area contributed by atoms with E-state index in [1.807, 2.05) is 36.4 Å². The maximum absolute atomic E-state index is 5.98. The highest BCUT2D eigenvalue weighted by Gasteiger charge is 2.20. The van der Waals surface area contributed by atoms with Crippen LogP contribution in [0.2, 0.25) is 0 Å². The van der Waals surface area contributed by atoms with Gasteiger partial charge in [0, 0.05) is 19.2 Å².